The van der Waals surface area contributed by atoms with Gasteiger partial charge < -0.3 is 19.5 Å². The van der Waals surface area contributed by atoms with Crippen molar-refractivity contribution >= 4 is 22.7 Å². The van der Waals surface area contributed by atoms with Crippen LogP contribution >= 0.6 is 0 Å². The minimum Gasteiger partial charge on any atom is -0.484 e. The van der Waals surface area contributed by atoms with Crippen molar-refractivity contribution in [3.05, 3.63) is 102 Å². The number of rotatable bonds is 11. The van der Waals surface area contributed by atoms with Gasteiger partial charge in [0.1, 0.15) is 12.3 Å². The zero-order valence-electron chi connectivity index (χ0n) is 21.9. The van der Waals surface area contributed by atoms with E-state index in [0.717, 1.165) is 41.4 Å². The number of carbonyl (C=O) groups is 2. The summed E-state index contributed by atoms with van der Waals surface area (Å²) in [5, 5.41) is 1.05. The highest BCUT2D eigenvalue weighted by Gasteiger charge is 2.35. The van der Waals surface area contributed by atoms with E-state index in [9.17, 15) is 22.8 Å². The average Bonchev–Trinajstić information content (AvgIpc) is 3.72. The van der Waals surface area contributed by atoms with Crippen LogP contribution in [0, 0.1) is 0 Å². The summed E-state index contributed by atoms with van der Waals surface area (Å²) in [6, 6.07) is 21.7. The van der Waals surface area contributed by atoms with Gasteiger partial charge in [-0.05, 0) is 60.7 Å². The quantitative estimate of drug-likeness (QED) is 0.256. The van der Waals surface area contributed by atoms with Gasteiger partial charge in [-0.3, -0.25) is 9.59 Å². The number of hydrogen-bond acceptors (Lipinski definition) is 3. The van der Waals surface area contributed by atoms with Crippen molar-refractivity contribution in [3.8, 4) is 5.75 Å². The van der Waals surface area contributed by atoms with E-state index in [1.165, 1.54) is 12.1 Å². The van der Waals surface area contributed by atoms with Gasteiger partial charge in [-0.1, -0.05) is 48.5 Å². The van der Waals surface area contributed by atoms with Crippen molar-refractivity contribution in [2.24, 2.45) is 0 Å². The summed E-state index contributed by atoms with van der Waals surface area (Å²) in [5.41, 5.74) is 1.86. The second-order valence-corrected chi connectivity index (χ2v) is 9.97. The van der Waals surface area contributed by atoms with E-state index in [2.05, 4.69) is 4.98 Å². The normalized spacial score (nSPS) is 13.3. The lowest BCUT2D eigenvalue weighted by molar-refractivity contribution is -0.142. The summed E-state index contributed by atoms with van der Waals surface area (Å²) in [5.74, 6) is 0.0334. The zero-order valence-corrected chi connectivity index (χ0v) is 21.9. The van der Waals surface area contributed by atoms with E-state index in [1.807, 2.05) is 48.7 Å². The lowest BCUT2D eigenvalue weighted by Gasteiger charge is -2.28. The van der Waals surface area contributed by atoms with Gasteiger partial charge in [0.05, 0.1) is 5.56 Å². The molecule has 4 aromatic rings. The number of nitrogens with one attached hydrogen (secondary N) is 1. The number of fused-ring (bicyclic) bond motifs is 1. The molecule has 0 bridgehead atoms. The van der Waals surface area contributed by atoms with Crippen molar-refractivity contribution in [1.82, 2.24) is 14.8 Å². The van der Waals surface area contributed by atoms with Gasteiger partial charge in [-0.25, -0.2) is 0 Å². The Morgan fingerprint density at radius 3 is 2.30 bits per heavy atom. The molecular formula is C31H30F3N3O3. The van der Waals surface area contributed by atoms with E-state index < -0.39 is 11.7 Å². The Labute approximate surface area is 230 Å². The Hall–Kier alpha value is -4.27. The maximum Gasteiger partial charge on any atom is 0.416 e. The molecule has 0 spiro atoms. The number of carbonyl (C=O) groups excluding carboxylic acids is 2. The minimum atomic E-state index is -4.43. The third kappa shape index (κ3) is 6.83. The van der Waals surface area contributed by atoms with Gasteiger partial charge in [0, 0.05) is 36.2 Å². The second-order valence-electron chi connectivity index (χ2n) is 9.97. The SMILES string of the molecule is O=C(CN(C(=O)COc1ccccc1)C1CC1)N(CCc1c[nH]c2ccccc12)Cc1ccc(C(F)(F)F)cc1. The Balaban J connectivity index is 1.30. The average molecular weight is 550 g/mol. The van der Waals surface area contributed by atoms with Gasteiger partial charge >= 0.3 is 6.18 Å². The number of ether oxygens (including phenoxy) is 1. The number of nitrogens with zero attached hydrogens (tertiary/aromatic N) is 2. The van der Waals surface area contributed by atoms with Crippen molar-refractivity contribution in [1.29, 1.82) is 0 Å². The molecule has 5 rings (SSSR count). The van der Waals surface area contributed by atoms with Crippen molar-refractivity contribution in [3.63, 3.8) is 0 Å². The monoisotopic (exact) mass is 549 g/mol. The fraction of sp³-hybridized carbons (Fsp3) is 0.290. The second kappa shape index (κ2) is 11.9. The number of hydrogen-bond donors (Lipinski definition) is 1. The fourth-order valence-electron chi connectivity index (χ4n) is 4.70. The summed E-state index contributed by atoms with van der Waals surface area (Å²) in [6.07, 6.45) is -0.342. The molecule has 1 saturated carbocycles. The van der Waals surface area contributed by atoms with Crippen molar-refractivity contribution in [2.75, 3.05) is 19.7 Å². The molecule has 9 heteroatoms. The largest absolute Gasteiger partial charge is 0.484 e. The number of aromatic amines is 1. The van der Waals surface area contributed by atoms with E-state index in [0.29, 0.717) is 24.3 Å². The smallest absolute Gasteiger partial charge is 0.416 e. The van der Waals surface area contributed by atoms with Crippen LogP contribution in [0.5, 0.6) is 5.75 Å². The summed E-state index contributed by atoms with van der Waals surface area (Å²) >= 11 is 0. The molecule has 2 amide bonds. The molecule has 1 aliphatic carbocycles. The molecule has 1 aliphatic rings. The van der Waals surface area contributed by atoms with Crippen LogP contribution in [0.3, 0.4) is 0 Å². The number of amides is 2. The van der Waals surface area contributed by atoms with Crippen LogP contribution < -0.4 is 4.74 Å². The summed E-state index contributed by atoms with van der Waals surface area (Å²) in [4.78, 5) is 33.1. The lowest BCUT2D eigenvalue weighted by atomic mass is 10.1. The molecule has 0 atom stereocenters. The van der Waals surface area contributed by atoms with Gasteiger partial charge in [-0.2, -0.15) is 13.2 Å². The molecule has 1 aromatic heterocycles. The summed E-state index contributed by atoms with van der Waals surface area (Å²) in [6.45, 7) is 0.180. The first-order valence-electron chi connectivity index (χ1n) is 13.2. The van der Waals surface area contributed by atoms with E-state index in [1.54, 1.807) is 21.9 Å². The zero-order chi connectivity index (χ0) is 28.1. The molecule has 40 heavy (non-hydrogen) atoms. The molecule has 208 valence electrons. The molecular weight excluding hydrogens is 519 g/mol. The van der Waals surface area contributed by atoms with Crippen LogP contribution in [0.1, 0.15) is 29.5 Å². The Morgan fingerprint density at radius 2 is 1.60 bits per heavy atom. The molecule has 6 nitrogen and oxygen atoms in total. The molecule has 0 unspecified atom stereocenters. The highest BCUT2D eigenvalue weighted by molar-refractivity contribution is 5.86. The minimum absolute atomic E-state index is 0.0163. The number of H-pyrrole nitrogens is 1. The molecule has 1 heterocycles. The number of benzene rings is 3. The Bertz CT molecular complexity index is 1450. The number of para-hydroxylation sites is 2. The number of halogens is 3. The topological polar surface area (TPSA) is 65.6 Å². The van der Waals surface area contributed by atoms with Gasteiger partial charge in [-0.15, -0.1) is 0 Å². The van der Waals surface area contributed by atoms with Gasteiger partial charge in [0.25, 0.3) is 5.91 Å². The van der Waals surface area contributed by atoms with Crippen LogP contribution in [-0.4, -0.2) is 52.3 Å². The first-order valence-corrected chi connectivity index (χ1v) is 13.2. The predicted molar refractivity (Wildman–Crippen MR) is 146 cm³/mol. The van der Waals surface area contributed by atoms with Crippen LogP contribution in [0.4, 0.5) is 13.2 Å². The third-order valence-corrected chi connectivity index (χ3v) is 7.05. The number of alkyl halides is 3. The van der Waals surface area contributed by atoms with E-state index in [4.69, 9.17) is 4.74 Å². The molecule has 1 N–H and O–H groups in total. The predicted octanol–water partition coefficient (Wildman–Crippen LogP) is 5.83. The highest BCUT2D eigenvalue weighted by Crippen LogP contribution is 2.30. The Kier molecular flexibility index (Phi) is 8.09. The maximum absolute atomic E-state index is 13.6. The molecule has 0 radical (unpaired) electrons. The third-order valence-electron chi connectivity index (χ3n) is 7.05. The lowest BCUT2D eigenvalue weighted by Crippen LogP contribution is -2.45. The van der Waals surface area contributed by atoms with Crippen molar-refractivity contribution in [2.45, 2.75) is 38.0 Å². The van der Waals surface area contributed by atoms with Crippen LogP contribution in [0.2, 0.25) is 0 Å². The molecule has 0 aliphatic heterocycles. The van der Waals surface area contributed by atoms with Gasteiger partial charge in [0.15, 0.2) is 6.61 Å². The summed E-state index contributed by atoms with van der Waals surface area (Å²) < 4.78 is 44.8. The van der Waals surface area contributed by atoms with Gasteiger partial charge in [0.2, 0.25) is 5.91 Å². The van der Waals surface area contributed by atoms with Crippen LogP contribution in [-0.2, 0) is 28.7 Å². The fourth-order valence-corrected chi connectivity index (χ4v) is 4.70. The molecule has 0 saturated heterocycles. The van der Waals surface area contributed by atoms with Crippen LogP contribution in [0.25, 0.3) is 10.9 Å². The Morgan fingerprint density at radius 1 is 0.900 bits per heavy atom. The first kappa shape index (κ1) is 27.3. The molecule has 3 aromatic carbocycles. The van der Waals surface area contributed by atoms with E-state index in [-0.39, 0.29) is 37.6 Å². The van der Waals surface area contributed by atoms with Crippen LogP contribution in [0.15, 0.2) is 85.1 Å². The standard InChI is InChI=1S/C31H30F3N3O3/c32-31(33,34)24-12-10-22(11-13-24)19-36(17-16-23-18-35-28-9-5-4-8-27(23)28)29(38)20-37(25-14-15-25)30(39)21-40-26-6-2-1-3-7-26/h1-13,18,25,35H,14-17,19-21H2. The maximum atomic E-state index is 13.6. The number of aromatic nitrogens is 1. The molecule has 1 fully saturated rings. The van der Waals surface area contributed by atoms with E-state index >= 15 is 0 Å². The first-order chi connectivity index (χ1) is 19.3. The summed E-state index contributed by atoms with van der Waals surface area (Å²) in [7, 11) is 0. The van der Waals surface area contributed by atoms with Crippen molar-refractivity contribution < 1.29 is 27.5 Å². The highest BCUT2D eigenvalue weighted by atomic mass is 19.4.